The Balaban J connectivity index is 1.90. The van der Waals surface area contributed by atoms with Gasteiger partial charge in [-0.15, -0.1) is 0 Å². The highest BCUT2D eigenvalue weighted by molar-refractivity contribution is 4.77. The van der Waals surface area contributed by atoms with E-state index in [1.165, 1.54) is 12.8 Å². The number of ether oxygens (including phenoxy) is 1. The monoisotopic (exact) mass is 144 g/mol. The zero-order valence-electron chi connectivity index (χ0n) is 6.55. The van der Waals surface area contributed by atoms with Crippen molar-refractivity contribution in [3.05, 3.63) is 0 Å². The lowest BCUT2D eigenvalue weighted by Gasteiger charge is -2.04. The minimum Gasteiger partial charge on any atom is -0.390 e. The molecule has 0 aromatic rings. The molecule has 0 aliphatic carbocycles. The summed E-state index contributed by atoms with van der Waals surface area (Å²) in [6, 6.07) is 0. The summed E-state index contributed by atoms with van der Waals surface area (Å²) < 4.78 is 4.95. The highest BCUT2D eigenvalue weighted by atomic mass is 16.6. The Labute approximate surface area is 62.2 Å². The van der Waals surface area contributed by atoms with Crippen LogP contribution in [0, 0.1) is 0 Å². The molecular weight excluding hydrogens is 128 g/mol. The molecule has 0 aromatic heterocycles. The molecule has 1 aliphatic rings. The van der Waals surface area contributed by atoms with Gasteiger partial charge in [-0.3, -0.25) is 0 Å². The Kier molecular flexibility index (Phi) is 3.16. The minimum absolute atomic E-state index is 0.178. The smallest absolute Gasteiger partial charge is 0.107 e. The second kappa shape index (κ2) is 3.94. The van der Waals surface area contributed by atoms with Crippen LogP contribution in [-0.4, -0.2) is 23.9 Å². The van der Waals surface area contributed by atoms with E-state index in [0.29, 0.717) is 0 Å². The fourth-order valence-corrected chi connectivity index (χ4v) is 1.07. The molecule has 2 nitrogen and oxygen atoms in total. The first-order valence-corrected chi connectivity index (χ1v) is 4.14. The number of hydrogen-bond acceptors (Lipinski definition) is 2. The highest BCUT2D eigenvalue weighted by Crippen LogP contribution is 2.18. The molecule has 0 spiro atoms. The largest absolute Gasteiger partial charge is 0.390 e. The van der Waals surface area contributed by atoms with Gasteiger partial charge in [0.1, 0.15) is 6.10 Å². The fraction of sp³-hybridized carbons (Fsp3) is 1.00. The SMILES string of the molecule is CCCCC[C@@H](O)[C@H]1CO1. The Morgan fingerprint density at radius 1 is 1.60 bits per heavy atom. The predicted molar refractivity (Wildman–Crippen MR) is 39.9 cm³/mol. The summed E-state index contributed by atoms with van der Waals surface area (Å²) in [4.78, 5) is 0. The summed E-state index contributed by atoms with van der Waals surface area (Å²) in [5.41, 5.74) is 0. The first-order chi connectivity index (χ1) is 4.84. The number of aliphatic hydroxyl groups is 1. The lowest BCUT2D eigenvalue weighted by molar-refractivity contribution is 0.123. The van der Waals surface area contributed by atoms with Crippen LogP contribution in [0.15, 0.2) is 0 Å². The van der Waals surface area contributed by atoms with E-state index in [1.54, 1.807) is 0 Å². The summed E-state index contributed by atoms with van der Waals surface area (Å²) >= 11 is 0. The minimum atomic E-state index is -0.188. The van der Waals surface area contributed by atoms with E-state index < -0.39 is 0 Å². The number of rotatable bonds is 5. The molecule has 1 heterocycles. The van der Waals surface area contributed by atoms with Crippen LogP contribution < -0.4 is 0 Å². The van der Waals surface area contributed by atoms with Crippen LogP contribution in [0.2, 0.25) is 0 Å². The zero-order chi connectivity index (χ0) is 7.40. The van der Waals surface area contributed by atoms with E-state index in [4.69, 9.17) is 4.74 Å². The van der Waals surface area contributed by atoms with Gasteiger partial charge in [-0.05, 0) is 6.42 Å². The molecule has 0 unspecified atom stereocenters. The van der Waals surface area contributed by atoms with Crippen molar-refractivity contribution >= 4 is 0 Å². The molecule has 0 bridgehead atoms. The third-order valence-electron chi connectivity index (χ3n) is 1.89. The van der Waals surface area contributed by atoms with Gasteiger partial charge in [-0.2, -0.15) is 0 Å². The third-order valence-corrected chi connectivity index (χ3v) is 1.89. The Morgan fingerprint density at radius 2 is 2.30 bits per heavy atom. The molecule has 1 fully saturated rings. The molecule has 0 radical (unpaired) electrons. The van der Waals surface area contributed by atoms with Gasteiger partial charge in [0.2, 0.25) is 0 Å². The van der Waals surface area contributed by atoms with Crippen molar-refractivity contribution in [2.24, 2.45) is 0 Å². The van der Waals surface area contributed by atoms with E-state index >= 15 is 0 Å². The Hall–Kier alpha value is -0.0800. The second-order valence-electron chi connectivity index (χ2n) is 2.93. The molecule has 1 N–H and O–H groups in total. The molecule has 60 valence electrons. The van der Waals surface area contributed by atoms with Crippen molar-refractivity contribution in [1.82, 2.24) is 0 Å². The summed E-state index contributed by atoms with van der Waals surface area (Å²) in [5.74, 6) is 0. The van der Waals surface area contributed by atoms with Gasteiger partial charge in [0.25, 0.3) is 0 Å². The summed E-state index contributed by atoms with van der Waals surface area (Å²) in [6.45, 7) is 2.94. The number of aliphatic hydroxyl groups excluding tert-OH is 1. The van der Waals surface area contributed by atoms with Gasteiger partial charge in [-0.1, -0.05) is 26.2 Å². The first kappa shape index (κ1) is 8.02. The molecule has 2 heteroatoms. The first-order valence-electron chi connectivity index (χ1n) is 4.14. The van der Waals surface area contributed by atoms with Gasteiger partial charge in [0.05, 0.1) is 12.7 Å². The summed E-state index contributed by atoms with van der Waals surface area (Å²) in [6.07, 6.45) is 4.49. The van der Waals surface area contributed by atoms with Crippen molar-refractivity contribution in [3.8, 4) is 0 Å². The number of unbranched alkanes of at least 4 members (excludes halogenated alkanes) is 2. The molecule has 1 aliphatic heterocycles. The van der Waals surface area contributed by atoms with Crippen LogP contribution in [0.1, 0.15) is 32.6 Å². The van der Waals surface area contributed by atoms with Crippen molar-refractivity contribution in [2.75, 3.05) is 6.61 Å². The maximum atomic E-state index is 9.29. The maximum absolute atomic E-state index is 9.29. The average Bonchev–Trinajstić information content (AvgIpc) is 2.69. The lowest BCUT2D eigenvalue weighted by atomic mass is 10.1. The molecule has 10 heavy (non-hydrogen) atoms. The zero-order valence-corrected chi connectivity index (χ0v) is 6.55. The number of hydrogen-bond donors (Lipinski definition) is 1. The number of epoxide rings is 1. The molecule has 1 rings (SSSR count). The second-order valence-corrected chi connectivity index (χ2v) is 2.93. The standard InChI is InChI=1S/C8H16O2/c1-2-3-4-5-7(9)8-6-10-8/h7-9H,2-6H2,1H3/t7-,8-/m1/s1. The van der Waals surface area contributed by atoms with Gasteiger partial charge in [0, 0.05) is 0 Å². The molecule has 1 saturated heterocycles. The summed E-state index contributed by atoms with van der Waals surface area (Å²) in [5, 5.41) is 9.29. The summed E-state index contributed by atoms with van der Waals surface area (Å²) in [7, 11) is 0. The normalized spacial score (nSPS) is 26.4. The average molecular weight is 144 g/mol. The van der Waals surface area contributed by atoms with Crippen LogP contribution in [0.5, 0.6) is 0 Å². The van der Waals surface area contributed by atoms with Gasteiger partial charge >= 0.3 is 0 Å². The van der Waals surface area contributed by atoms with Crippen molar-refractivity contribution < 1.29 is 9.84 Å². The molecule has 0 saturated carbocycles. The van der Waals surface area contributed by atoms with E-state index in [0.717, 1.165) is 19.4 Å². The molecular formula is C8H16O2. The molecule has 0 aromatic carbocycles. The van der Waals surface area contributed by atoms with E-state index in [1.807, 2.05) is 0 Å². The highest BCUT2D eigenvalue weighted by Gasteiger charge is 2.30. The van der Waals surface area contributed by atoms with Gasteiger partial charge in [0.15, 0.2) is 0 Å². The Bertz CT molecular complexity index is 89.3. The van der Waals surface area contributed by atoms with Crippen LogP contribution in [0.4, 0.5) is 0 Å². The predicted octanol–water partition coefficient (Wildman–Crippen LogP) is 1.33. The third kappa shape index (κ3) is 2.67. The van der Waals surface area contributed by atoms with E-state index in [9.17, 15) is 5.11 Å². The van der Waals surface area contributed by atoms with Crippen molar-refractivity contribution in [3.63, 3.8) is 0 Å². The Morgan fingerprint density at radius 3 is 2.80 bits per heavy atom. The maximum Gasteiger partial charge on any atom is 0.107 e. The molecule has 0 amide bonds. The van der Waals surface area contributed by atoms with Crippen LogP contribution >= 0.6 is 0 Å². The lowest BCUT2D eigenvalue weighted by Crippen LogP contribution is -2.13. The fourth-order valence-electron chi connectivity index (χ4n) is 1.07. The van der Waals surface area contributed by atoms with E-state index in [-0.39, 0.29) is 12.2 Å². The van der Waals surface area contributed by atoms with E-state index in [2.05, 4.69) is 6.92 Å². The van der Waals surface area contributed by atoms with Crippen molar-refractivity contribution in [2.45, 2.75) is 44.8 Å². The van der Waals surface area contributed by atoms with Gasteiger partial charge in [-0.25, -0.2) is 0 Å². The quantitative estimate of drug-likeness (QED) is 0.466. The van der Waals surface area contributed by atoms with Crippen LogP contribution in [-0.2, 0) is 4.74 Å². The van der Waals surface area contributed by atoms with Gasteiger partial charge < -0.3 is 9.84 Å². The molecule has 2 atom stereocenters. The van der Waals surface area contributed by atoms with Crippen LogP contribution in [0.3, 0.4) is 0 Å². The topological polar surface area (TPSA) is 32.8 Å². The van der Waals surface area contributed by atoms with Crippen LogP contribution in [0.25, 0.3) is 0 Å². The van der Waals surface area contributed by atoms with Crippen molar-refractivity contribution in [1.29, 1.82) is 0 Å².